The van der Waals surface area contributed by atoms with Gasteiger partial charge in [0.1, 0.15) is 0 Å². The zero-order valence-corrected chi connectivity index (χ0v) is 10.8. The second-order valence-corrected chi connectivity index (χ2v) is 5.43. The van der Waals surface area contributed by atoms with Gasteiger partial charge in [-0.1, -0.05) is 0 Å². The zero-order chi connectivity index (χ0) is 12.1. The van der Waals surface area contributed by atoms with Crippen LogP contribution in [-0.2, 0) is 9.53 Å². The fourth-order valence-corrected chi connectivity index (χ4v) is 2.64. The van der Waals surface area contributed by atoms with Gasteiger partial charge in [0.05, 0.1) is 5.54 Å². The van der Waals surface area contributed by atoms with E-state index in [-0.39, 0.29) is 11.4 Å². The first-order valence-corrected chi connectivity index (χ1v) is 6.84. The number of carbonyl (C=O) groups excluding carboxylic acids is 1. The quantitative estimate of drug-likeness (QED) is 0.762. The van der Waals surface area contributed by atoms with Crippen molar-refractivity contribution in [3.05, 3.63) is 0 Å². The van der Waals surface area contributed by atoms with Gasteiger partial charge in [0.15, 0.2) is 0 Å². The molecule has 98 valence electrons. The highest BCUT2D eigenvalue weighted by Gasteiger charge is 2.35. The number of piperidine rings is 1. The standard InChI is InChI=1S/C13H24N2O2/c1-13(7-2-3-8-14-13)12(16)15-11-5-4-9-17-10-6-11/h11,14H,2-10H2,1H3,(H,15,16). The SMILES string of the molecule is CC1(C(=O)NC2CCCOCC2)CCCCN1. The van der Waals surface area contributed by atoms with Gasteiger partial charge < -0.3 is 15.4 Å². The first kappa shape index (κ1) is 12.8. The molecule has 0 aromatic heterocycles. The molecule has 2 saturated heterocycles. The molecule has 0 aromatic carbocycles. The van der Waals surface area contributed by atoms with Gasteiger partial charge in [0, 0.05) is 19.3 Å². The third-order valence-corrected chi connectivity index (χ3v) is 3.91. The second-order valence-electron chi connectivity index (χ2n) is 5.43. The maximum Gasteiger partial charge on any atom is 0.240 e. The highest BCUT2D eigenvalue weighted by Crippen LogP contribution is 2.19. The van der Waals surface area contributed by atoms with Crippen LogP contribution in [0.3, 0.4) is 0 Å². The maximum absolute atomic E-state index is 12.3. The Hall–Kier alpha value is -0.610. The molecule has 0 radical (unpaired) electrons. The lowest BCUT2D eigenvalue weighted by Crippen LogP contribution is -2.58. The van der Waals surface area contributed by atoms with Crippen molar-refractivity contribution in [2.45, 2.75) is 57.0 Å². The number of rotatable bonds is 2. The molecule has 2 rings (SSSR count). The summed E-state index contributed by atoms with van der Waals surface area (Å²) in [7, 11) is 0. The lowest BCUT2D eigenvalue weighted by molar-refractivity contribution is -0.128. The van der Waals surface area contributed by atoms with Crippen molar-refractivity contribution in [1.29, 1.82) is 0 Å². The van der Waals surface area contributed by atoms with E-state index in [4.69, 9.17) is 4.74 Å². The van der Waals surface area contributed by atoms with Crippen LogP contribution in [0.25, 0.3) is 0 Å². The van der Waals surface area contributed by atoms with Gasteiger partial charge in [-0.15, -0.1) is 0 Å². The van der Waals surface area contributed by atoms with E-state index in [2.05, 4.69) is 10.6 Å². The summed E-state index contributed by atoms with van der Waals surface area (Å²) in [4.78, 5) is 12.3. The summed E-state index contributed by atoms with van der Waals surface area (Å²) in [6, 6.07) is 0.297. The van der Waals surface area contributed by atoms with Gasteiger partial charge in [0.25, 0.3) is 0 Å². The molecule has 4 nitrogen and oxygen atoms in total. The van der Waals surface area contributed by atoms with Gasteiger partial charge >= 0.3 is 0 Å². The molecule has 2 atom stereocenters. The third-order valence-electron chi connectivity index (χ3n) is 3.91. The Labute approximate surface area is 103 Å². The van der Waals surface area contributed by atoms with E-state index >= 15 is 0 Å². The summed E-state index contributed by atoms with van der Waals surface area (Å²) in [5.74, 6) is 0.170. The van der Waals surface area contributed by atoms with E-state index in [0.717, 1.165) is 51.9 Å². The molecule has 0 aliphatic carbocycles. The van der Waals surface area contributed by atoms with E-state index in [0.29, 0.717) is 6.04 Å². The molecule has 2 aliphatic rings. The molecule has 0 saturated carbocycles. The molecule has 2 fully saturated rings. The summed E-state index contributed by atoms with van der Waals surface area (Å²) >= 11 is 0. The van der Waals surface area contributed by atoms with Gasteiger partial charge in [-0.3, -0.25) is 4.79 Å². The van der Waals surface area contributed by atoms with Crippen molar-refractivity contribution in [2.75, 3.05) is 19.8 Å². The Balaban J connectivity index is 1.86. The average molecular weight is 240 g/mol. The number of ether oxygens (including phenoxy) is 1. The van der Waals surface area contributed by atoms with Crippen LogP contribution in [0.15, 0.2) is 0 Å². The number of nitrogens with one attached hydrogen (secondary N) is 2. The topological polar surface area (TPSA) is 50.4 Å². The zero-order valence-electron chi connectivity index (χ0n) is 10.8. The Bertz CT molecular complexity index is 254. The van der Waals surface area contributed by atoms with E-state index in [1.807, 2.05) is 6.92 Å². The maximum atomic E-state index is 12.3. The molecule has 0 aromatic rings. The minimum absolute atomic E-state index is 0.170. The normalized spacial score (nSPS) is 35.0. The highest BCUT2D eigenvalue weighted by molar-refractivity contribution is 5.86. The van der Waals surface area contributed by atoms with Crippen molar-refractivity contribution in [3.63, 3.8) is 0 Å². The van der Waals surface area contributed by atoms with Crippen LogP contribution in [0.4, 0.5) is 0 Å². The molecule has 2 heterocycles. The molecule has 2 aliphatic heterocycles. The van der Waals surface area contributed by atoms with Crippen LogP contribution in [0.1, 0.15) is 45.4 Å². The molecule has 0 bridgehead atoms. The lowest BCUT2D eigenvalue weighted by Gasteiger charge is -2.34. The molecule has 2 N–H and O–H groups in total. The molecule has 1 amide bonds. The Morgan fingerprint density at radius 3 is 2.94 bits per heavy atom. The number of hydrogen-bond acceptors (Lipinski definition) is 3. The van der Waals surface area contributed by atoms with E-state index < -0.39 is 0 Å². The van der Waals surface area contributed by atoms with E-state index in [9.17, 15) is 4.79 Å². The van der Waals surface area contributed by atoms with E-state index in [1.165, 1.54) is 6.42 Å². The van der Waals surface area contributed by atoms with Gasteiger partial charge in [0.2, 0.25) is 5.91 Å². The fourth-order valence-electron chi connectivity index (χ4n) is 2.64. The predicted octanol–water partition coefficient (Wildman–Crippen LogP) is 1.20. The van der Waals surface area contributed by atoms with Crippen LogP contribution in [0.2, 0.25) is 0 Å². The third kappa shape index (κ3) is 3.42. The van der Waals surface area contributed by atoms with Crippen molar-refractivity contribution in [2.24, 2.45) is 0 Å². The van der Waals surface area contributed by atoms with Crippen LogP contribution in [0, 0.1) is 0 Å². The van der Waals surface area contributed by atoms with Crippen molar-refractivity contribution in [1.82, 2.24) is 10.6 Å². The van der Waals surface area contributed by atoms with Crippen molar-refractivity contribution in [3.8, 4) is 0 Å². The van der Waals surface area contributed by atoms with Gasteiger partial charge in [-0.2, -0.15) is 0 Å². The monoisotopic (exact) mass is 240 g/mol. The summed E-state index contributed by atoms with van der Waals surface area (Å²) in [5.41, 5.74) is -0.356. The van der Waals surface area contributed by atoms with E-state index in [1.54, 1.807) is 0 Å². The molecular weight excluding hydrogens is 216 g/mol. The average Bonchev–Trinajstić information content (AvgIpc) is 2.58. The second kappa shape index (κ2) is 5.83. The van der Waals surface area contributed by atoms with Crippen molar-refractivity contribution < 1.29 is 9.53 Å². The van der Waals surface area contributed by atoms with Crippen molar-refractivity contribution >= 4 is 5.91 Å². The summed E-state index contributed by atoms with van der Waals surface area (Å²) in [5, 5.41) is 6.54. The first-order valence-electron chi connectivity index (χ1n) is 6.84. The predicted molar refractivity (Wildman–Crippen MR) is 66.9 cm³/mol. The minimum Gasteiger partial charge on any atom is -0.381 e. The Kier molecular flexibility index (Phi) is 4.40. The highest BCUT2D eigenvalue weighted by atomic mass is 16.5. The lowest BCUT2D eigenvalue weighted by atomic mass is 9.89. The van der Waals surface area contributed by atoms with Crippen LogP contribution >= 0.6 is 0 Å². The summed E-state index contributed by atoms with van der Waals surface area (Å²) in [6.45, 7) is 4.59. The molecule has 0 spiro atoms. The van der Waals surface area contributed by atoms with Crippen LogP contribution in [0.5, 0.6) is 0 Å². The fraction of sp³-hybridized carbons (Fsp3) is 0.923. The molecular formula is C13H24N2O2. The largest absolute Gasteiger partial charge is 0.381 e. The smallest absolute Gasteiger partial charge is 0.240 e. The molecule has 2 unspecified atom stereocenters. The number of hydrogen-bond donors (Lipinski definition) is 2. The summed E-state index contributed by atoms with van der Waals surface area (Å²) < 4.78 is 5.41. The first-order chi connectivity index (χ1) is 8.21. The Morgan fingerprint density at radius 1 is 1.29 bits per heavy atom. The van der Waals surface area contributed by atoms with Crippen LogP contribution in [-0.4, -0.2) is 37.2 Å². The number of amides is 1. The van der Waals surface area contributed by atoms with Gasteiger partial charge in [-0.25, -0.2) is 0 Å². The summed E-state index contributed by atoms with van der Waals surface area (Å²) in [6.07, 6.45) is 6.31. The molecule has 17 heavy (non-hydrogen) atoms. The Morgan fingerprint density at radius 2 is 2.18 bits per heavy atom. The minimum atomic E-state index is -0.356. The van der Waals surface area contributed by atoms with Gasteiger partial charge in [-0.05, 0) is 52.0 Å². The molecule has 4 heteroatoms. The number of carbonyl (C=O) groups is 1. The van der Waals surface area contributed by atoms with Crippen LogP contribution < -0.4 is 10.6 Å².